The van der Waals surface area contributed by atoms with Crippen molar-refractivity contribution < 1.29 is 11.0 Å². The van der Waals surface area contributed by atoms with Gasteiger partial charge in [-0.05, 0) is 25.1 Å². The summed E-state index contributed by atoms with van der Waals surface area (Å²) >= 11 is 0. The number of hydrogen-bond acceptors (Lipinski definition) is 3. The average molecular weight is 349 g/mol. The molecule has 1 aliphatic heterocycles. The molecule has 0 unspecified atom stereocenters. The first-order valence-corrected chi connectivity index (χ1v) is 8.88. The minimum atomic E-state index is -0.592. The minimum absolute atomic E-state index is 0. The molecule has 0 radical (unpaired) electrons. The lowest BCUT2D eigenvalue weighted by molar-refractivity contribution is -0.112. The second-order valence-corrected chi connectivity index (χ2v) is 6.64. The van der Waals surface area contributed by atoms with E-state index in [-0.39, 0.29) is 1.43 Å². The van der Waals surface area contributed by atoms with Crippen LogP contribution >= 0.6 is 0 Å². The molecular formula is C21H23N3O2. The van der Waals surface area contributed by atoms with Crippen molar-refractivity contribution >= 4 is 28.3 Å². The van der Waals surface area contributed by atoms with E-state index < -0.39 is 11.7 Å². The molecule has 1 aliphatic rings. The topological polar surface area (TPSA) is 63.1 Å². The van der Waals surface area contributed by atoms with E-state index in [1.165, 1.54) is 0 Å². The number of rotatable bonds is 3. The van der Waals surface area contributed by atoms with Crippen LogP contribution in [0.25, 0.3) is 10.9 Å². The van der Waals surface area contributed by atoms with Gasteiger partial charge >= 0.3 is 0 Å². The maximum Gasteiger partial charge on any atom is 0.296 e. The number of amides is 1. The van der Waals surface area contributed by atoms with Gasteiger partial charge in [0.25, 0.3) is 11.7 Å². The Labute approximate surface area is 153 Å². The zero-order valence-electron chi connectivity index (χ0n) is 14.7. The van der Waals surface area contributed by atoms with E-state index in [4.69, 9.17) is 0 Å². The molecule has 26 heavy (non-hydrogen) atoms. The van der Waals surface area contributed by atoms with E-state index in [1.54, 1.807) is 0 Å². The van der Waals surface area contributed by atoms with Gasteiger partial charge < -0.3 is 15.2 Å². The summed E-state index contributed by atoms with van der Waals surface area (Å²) in [6, 6.07) is 15.3. The molecule has 0 saturated heterocycles. The Bertz CT molecular complexity index is 993. The Morgan fingerprint density at radius 1 is 1.08 bits per heavy atom. The van der Waals surface area contributed by atoms with E-state index in [9.17, 15) is 9.59 Å². The molecule has 5 nitrogen and oxygen atoms in total. The lowest BCUT2D eigenvalue weighted by atomic mass is 10.0. The summed E-state index contributed by atoms with van der Waals surface area (Å²) in [6.45, 7) is 4.43. The van der Waals surface area contributed by atoms with Gasteiger partial charge in [-0.2, -0.15) is 0 Å². The molecule has 134 valence electrons. The number of aryl methyl sites for hydroxylation is 1. The summed E-state index contributed by atoms with van der Waals surface area (Å²) in [6.07, 6.45) is 0.730. The van der Waals surface area contributed by atoms with E-state index in [0.717, 1.165) is 48.2 Å². The van der Waals surface area contributed by atoms with Gasteiger partial charge in [-0.3, -0.25) is 9.59 Å². The first-order chi connectivity index (χ1) is 12.6. The maximum atomic E-state index is 13.0. The van der Waals surface area contributed by atoms with Gasteiger partial charge in [0.1, 0.15) is 0 Å². The quantitative estimate of drug-likeness (QED) is 0.564. The molecule has 1 amide bonds. The molecule has 0 atom stereocenters. The molecule has 2 N–H and O–H groups in total. The van der Waals surface area contributed by atoms with Crippen molar-refractivity contribution in [3.63, 3.8) is 0 Å². The standard InChI is InChI=1S/C21H21N3O2.H2/c1-14-6-8-15(9-7-14)23-21(26)20(25)19-16-4-2-3-5-17(16)24-13-12-22-11-10-18(19)24;/h2-9,22H,10-13H2,1H3,(H,23,26);1H. The highest BCUT2D eigenvalue weighted by molar-refractivity contribution is 6.48. The molecule has 0 spiro atoms. The second-order valence-electron chi connectivity index (χ2n) is 6.64. The molecule has 5 heteroatoms. The van der Waals surface area contributed by atoms with Crippen LogP contribution in [0.15, 0.2) is 48.5 Å². The number of nitrogens with one attached hydrogen (secondary N) is 2. The Morgan fingerprint density at radius 2 is 1.85 bits per heavy atom. The summed E-state index contributed by atoms with van der Waals surface area (Å²) in [7, 11) is 0. The van der Waals surface area contributed by atoms with Crippen LogP contribution in [-0.2, 0) is 17.8 Å². The highest BCUT2D eigenvalue weighted by Gasteiger charge is 2.27. The van der Waals surface area contributed by atoms with Crippen LogP contribution < -0.4 is 10.6 Å². The summed E-state index contributed by atoms with van der Waals surface area (Å²) in [4.78, 5) is 25.7. The van der Waals surface area contributed by atoms with Crippen molar-refractivity contribution in [2.24, 2.45) is 0 Å². The summed E-state index contributed by atoms with van der Waals surface area (Å²) in [5.41, 5.74) is 4.22. The highest BCUT2D eigenvalue weighted by Crippen LogP contribution is 2.28. The number of carbonyl (C=O) groups excluding carboxylic acids is 2. The third-order valence-corrected chi connectivity index (χ3v) is 4.87. The number of ketones is 1. The molecule has 0 saturated carbocycles. The van der Waals surface area contributed by atoms with Crippen LogP contribution in [0.5, 0.6) is 0 Å². The number of Topliss-reactive ketones (excluding diaryl/α,β-unsaturated/α-hetero) is 1. The van der Waals surface area contributed by atoms with Crippen LogP contribution in [0.3, 0.4) is 0 Å². The van der Waals surface area contributed by atoms with Gasteiger partial charge in [-0.15, -0.1) is 0 Å². The lowest BCUT2D eigenvalue weighted by Crippen LogP contribution is -2.24. The van der Waals surface area contributed by atoms with Crippen LogP contribution in [0.4, 0.5) is 5.69 Å². The van der Waals surface area contributed by atoms with Gasteiger partial charge in [0.05, 0.1) is 5.56 Å². The molecule has 0 fully saturated rings. The lowest BCUT2D eigenvalue weighted by Gasteiger charge is -2.08. The predicted octanol–water partition coefficient (Wildman–Crippen LogP) is 3.16. The number of hydrogen-bond donors (Lipinski definition) is 2. The number of carbonyl (C=O) groups is 2. The number of aromatic nitrogens is 1. The first-order valence-electron chi connectivity index (χ1n) is 8.88. The SMILES string of the molecule is Cc1ccc(NC(=O)C(=O)c2c3n(c4ccccc24)CCNCC3)cc1.[HH]. The number of fused-ring (bicyclic) bond motifs is 3. The molecule has 0 aliphatic carbocycles. The smallest absolute Gasteiger partial charge is 0.296 e. The molecule has 2 heterocycles. The second kappa shape index (κ2) is 6.77. The van der Waals surface area contributed by atoms with Crippen LogP contribution in [0.2, 0.25) is 0 Å². The van der Waals surface area contributed by atoms with Gasteiger partial charge in [-0.1, -0.05) is 35.9 Å². The van der Waals surface area contributed by atoms with E-state index in [2.05, 4.69) is 15.2 Å². The summed E-state index contributed by atoms with van der Waals surface area (Å²) < 4.78 is 2.17. The largest absolute Gasteiger partial charge is 0.343 e. The fourth-order valence-electron chi connectivity index (χ4n) is 3.59. The van der Waals surface area contributed by atoms with Gasteiger partial charge in [0.15, 0.2) is 0 Å². The van der Waals surface area contributed by atoms with Gasteiger partial charge in [0, 0.05) is 49.8 Å². The third kappa shape index (κ3) is 2.91. The Hall–Kier alpha value is -2.92. The first kappa shape index (κ1) is 16.5. The maximum absolute atomic E-state index is 13.0. The van der Waals surface area contributed by atoms with Crippen LogP contribution in [-0.4, -0.2) is 29.3 Å². The fraction of sp³-hybridized carbons (Fsp3) is 0.238. The van der Waals surface area contributed by atoms with Crippen LogP contribution in [0.1, 0.15) is 23.0 Å². The van der Waals surface area contributed by atoms with E-state index in [1.807, 2.05) is 55.5 Å². The zero-order valence-corrected chi connectivity index (χ0v) is 14.7. The molecule has 3 aromatic rings. The summed E-state index contributed by atoms with van der Waals surface area (Å²) in [5, 5.41) is 6.94. The highest BCUT2D eigenvalue weighted by atomic mass is 16.2. The van der Waals surface area contributed by atoms with Crippen molar-refractivity contribution in [2.75, 3.05) is 18.4 Å². The van der Waals surface area contributed by atoms with Crippen molar-refractivity contribution in [3.05, 3.63) is 65.4 Å². The molecule has 0 bridgehead atoms. The van der Waals surface area contributed by atoms with Gasteiger partial charge in [0.2, 0.25) is 0 Å². The van der Waals surface area contributed by atoms with E-state index >= 15 is 0 Å². The summed E-state index contributed by atoms with van der Waals surface area (Å²) in [5.74, 6) is -1.07. The minimum Gasteiger partial charge on any atom is -0.343 e. The van der Waals surface area contributed by atoms with Crippen molar-refractivity contribution in [1.82, 2.24) is 9.88 Å². The average Bonchev–Trinajstić information content (AvgIpc) is 2.79. The van der Waals surface area contributed by atoms with Crippen molar-refractivity contribution in [3.8, 4) is 0 Å². The van der Waals surface area contributed by atoms with Crippen LogP contribution in [0, 0.1) is 6.92 Å². The monoisotopic (exact) mass is 349 g/mol. The fourth-order valence-corrected chi connectivity index (χ4v) is 3.59. The third-order valence-electron chi connectivity index (χ3n) is 4.87. The number of anilines is 1. The molecule has 2 aromatic carbocycles. The predicted molar refractivity (Wildman–Crippen MR) is 105 cm³/mol. The number of para-hydroxylation sites is 1. The zero-order chi connectivity index (χ0) is 18.1. The normalized spacial score (nSPS) is 13.9. The van der Waals surface area contributed by atoms with Crippen molar-refractivity contribution in [2.45, 2.75) is 19.9 Å². The van der Waals surface area contributed by atoms with Gasteiger partial charge in [-0.25, -0.2) is 0 Å². The molecular weight excluding hydrogens is 326 g/mol. The Balaban J connectivity index is 0.00000210. The Kier molecular flexibility index (Phi) is 4.31. The van der Waals surface area contributed by atoms with Crippen molar-refractivity contribution in [1.29, 1.82) is 0 Å². The van der Waals surface area contributed by atoms with E-state index in [0.29, 0.717) is 11.3 Å². The number of benzene rings is 2. The molecule has 1 aromatic heterocycles. The Morgan fingerprint density at radius 3 is 2.65 bits per heavy atom. The molecule has 4 rings (SSSR count). The number of nitrogens with zero attached hydrogens (tertiary/aromatic N) is 1.